The van der Waals surface area contributed by atoms with E-state index in [1.165, 1.54) is 24.3 Å². The highest BCUT2D eigenvalue weighted by Crippen LogP contribution is 2.19. The van der Waals surface area contributed by atoms with Crippen LogP contribution < -0.4 is 4.72 Å². The highest BCUT2D eigenvalue weighted by atomic mass is 32.2. The minimum Gasteiger partial charge on any atom is -0.379 e. The molecule has 136 valence electrons. The molecule has 2 aromatic carbocycles. The largest absolute Gasteiger partial charge is 0.379 e. The zero-order chi connectivity index (χ0) is 18.4. The van der Waals surface area contributed by atoms with E-state index in [-0.39, 0.29) is 10.9 Å². The summed E-state index contributed by atoms with van der Waals surface area (Å²) in [5.74, 6) is 0. The zero-order valence-electron chi connectivity index (χ0n) is 14.3. The average molecular weight is 371 g/mol. The lowest BCUT2D eigenvalue weighted by Gasteiger charge is -2.31. The fourth-order valence-electron chi connectivity index (χ4n) is 2.90. The fraction of sp³-hybridized carbons (Fsp3) is 0.316. The number of hydrogen-bond acceptors (Lipinski definition) is 5. The Kier molecular flexibility index (Phi) is 6.01. The van der Waals surface area contributed by atoms with Crippen LogP contribution in [0.4, 0.5) is 0 Å². The summed E-state index contributed by atoms with van der Waals surface area (Å²) in [6.45, 7) is 3.44. The van der Waals surface area contributed by atoms with Crippen LogP contribution in [0.25, 0.3) is 0 Å². The predicted molar refractivity (Wildman–Crippen MR) is 97.9 cm³/mol. The van der Waals surface area contributed by atoms with Crippen molar-refractivity contribution < 1.29 is 13.2 Å². The molecule has 0 unspecified atom stereocenters. The van der Waals surface area contributed by atoms with E-state index in [0.717, 1.165) is 18.7 Å². The summed E-state index contributed by atoms with van der Waals surface area (Å²) in [5.41, 5.74) is 1.34. The van der Waals surface area contributed by atoms with Gasteiger partial charge in [0.15, 0.2) is 0 Å². The first-order valence-corrected chi connectivity index (χ1v) is 9.94. The number of sulfonamides is 1. The van der Waals surface area contributed by atoms with Crippen LogP contribution in [0.1, 0.15) is 17.2 Å². The van der Waals surface area contributed by atoms with E-state index in [0.29, 0.717) is 25.3 Å². The van der Waals surface area contributed by atoms with Gasteiger partial charge in [0.2, 0.25) is 10.0 Å². The number of rotatable bonds is 6. The molecule has 1 fully saturated rings. The van der Waals surface area contributed by atoms with Gasteiger partial charge in [0.05, 0.1) is 35.8 Å². The third-order valence-electron chi connectivity index (χ3n) is 4.34. The van der Waals surface area contributed by atoms with Crippen LogP contribution >= 0.6 is 0 Å². The van der Waals surface area contributed by atoms with Gasteiger partial charge in [0.1, 0.15) is 0 Å². The number of morpholine rings is 1. The summed E-state index contributed by atoms with van der Waals surface area (Å²) >= 11 is 0. The molecule has 0 saturated carbocycles. The first-order chi connectivity index (χ1) is 12.6. The summed E-state index contributed by atoms with van der Waals surface area (Å²) < 4.78 is 33.8. The van der Waals surface area contributed by atoms with Gasteiger partial charge in [-0.2, -0.15) is 5.26 Å². The lowest BCUT2D eigenvalue weighted by Crippen LogP contribution is -2.43. The van der Waals surface area contributed by atoms with Gasteiger partial charge in [0.25, 0.3) is 0 Å². The quantitative estimate of drug-likeness (QED) is 0.839. The van der Waals surface area contributed by atoms with Crippen LogP contribution in [0.15, 0.2) is 59.5 Å². The Morgan fingerprint density at radius 2 is 1.73 bits per heavy atom. The summed E-state index contributed by atoms with van der Waals surface area (Å²) in [7, 11) is -3.70. The van der Waals surface area contributed by atoms with E-state index >= 15 is 0 Å². The molecule has 26 heavy (non-hydrogen) atoms. The van der Waals surface area contributed by atoms with Crippen molar-refractivity contribution in [1.29, 1.82) is 5.26 Å². The average Bonchev–Trinajstić information content (AvgIpc) is 2.69. The molecular weight excluding hydrogens is 350 g/mol. The van der Waals surface area contributed by atoms with Crippen LogP contribution in [0.2, 0.25) is 0 Å². The van der Waals surface area contributed by atoms with Gasteiger partial charge in [-0.15, -0.1) is 0 Å². The highest BCUT2D eigenvalue weighted by molar-refractivity contribution is 7.89. The van der Waals surface area contributed by atoms with Crippen molar-refractivity contribution in [2.45, 2.75) is 10.9 Å². The summed E-state index contributed by atoms with van der Waals surface area (Å²) in [4.78, 5) is 2.35. The topological polar surface area (TPSA) is 82.4 Å². The summed E-state index contributed by atoms with van der Waals surface area (Å²) in [6, 6.07) is 17.1. The number of hydrogen-bond donors (Lipinski definition) is 1. The normalized spacial score (nSPS) is 16.7. The SMILES string of the molecule is N#Cc1ccc(S(=O)(=O)N[C@@H](CN2CCOCC2)c2ccccc2)cc1. The molecule has 1 saturated heterocycles. The molecule has 2 aromatic rings. The van der Waals surface area contributed by atoms with Gasteiger partial charge in [0, 0.05) is 19.6 Å². The third kappa shape index (κ3) is 4.68. The molecule has 0 aromatic heterocycles. The Bertz CT molecular complexity index is 855. The standard InChI is InChI=1S/C19H21N3O3S/c20-14-16-6-8-18(9-7-16)26(23,24)21-19(17-4-2-1-3-5-17)15-22-10-12-25-13-11-22/h1-9,19,21H,10-13,15H2/t19-/m0/s1. The molecule has 3 rings (SSSR count). The van der Waals surface area contributed by atoms with Crippen LogP contribution in [-0.2, 0) is 14.8 Å². The monoisotopic (exact) mass is 371 g/mol. The van der Waals surface area contributed by atoms with Crippen LogP contribution in [0.3, 0.4) is 0 Å². The second-order valence-electron chi connectivity index (χ2n) is 6.13. The number of benzene rings is 2. The van der Waals surface area contributed by atoms with Crippen molar-refractivity contribution in [1.82, 2.24) is 9.62 Å². The van der Waals surface area contributed by atoms with E-state index in [4.69, 9.17) is 10.00 Å². The lowest BCUT2D eigenvalue weighted by atomic mass is 10.1. The molecule has 1 aliphatic rings. The molecule has 7 heteroatoms. The summed E-state index contributed by atoms with van der Waals surface area (Å²) in [6.07, 6.45) is 0. The van der Waals surface area contributed by atoms with Crippen LogP contribution in [-0.4, -0.2) is 46.2 Å². The van der Waals surface area contributed by atoms with Gasteiger partial charge in [-0.05, 0) is 29.8 Å². The van der Waals surface area contributed by atoms with Crippen LogP contribution in [0, 0.1) is 11.3 Å². The van der Waals surface area contributed by atoms with E-state index < -0.39 is 10.0 Å². The number of nitrogens with zero attached hydrogens (tertiary/aromatic N) is 2. The van der Waals surface area contributed by atoms with E-state index in [1.807, 2.05) is 36.4 Å². The molecule has 0 radical (unpaired) electrons. The van der Waals surface area contributed by atoms with E-state index in [9.17, 15) is 8.42 Å². The molecule has 1 aliphatic heterocycles. The lowest BCUT2D eigenvalue weighted by molar-refractivity contribution is 0.0345. The number of nitrogens with one attached hydrogen (secondary N) is 1. The molecule has 1 N–H and O–H groups in total. The molecule has 0 aliphatic carbocycles. The molecule has 6 nitrogen and oxygen atoms in total. The van der Waals surface area contributed by atoms with E-state index in [2.05, 4.69) is 9.62 Å². The molecule has 1 atom stereocenters. The Morgan fingerprint density at radius 1 is 1.08 bits per heavy atom. The van der Waals surface area contributed by atoms with Crippen molar-refractivity contribution in [3.8, 4) is 6.07 Å². The first kappa shape index (κ1) is 18.5. The maximum absolute atomic E-state index is 12.8. The summed E-state index contributed by atoms with van der Waals surface area (Å²) in [5, 5.41) is 8.88. The Labute approximate surface area is 154 Å². The molecule has 0 amide bonds. The van der Waals surface area contributed by atoms with Crippen molar-refractivity contribution >= 4 is 10.0 Å². The van der Waals surface area contributed by atoms with Crippen molar-refractivity contribution in [3.63, 3.8) is 0 Å². The van der Waals surface area contributed by atoms with Gasteiger partial charge >= 0.3 is 0 Å². The van der Waals surface area contributed by atoms with Gasteiger partial charge in [-0.3, -0.25) is 4.90 Å². The Morgan fingerprint density at radius 3 is 2.35 bits per heavy atom. The third-order valence-corrected chi connectivity index (χ3v) is 5.83. The van der Waals surface area contributed by atoms with Gasteiger partial charge < -0.3 is 4.74 Å². The minimum atomic E-state index is -3.70. The van der Waals surface area contributed by atoms with Crippen LogP contribution in [0.5, 0.6) is 0 Å². The molecule has 0 bridgehead atoms. The van der Waals surface area contributed by atoms with Crippen molar-refractivity contribution in [3.05, 3.63) is 65.7 Å². The second-order valence-corrected chi connectivity index (χ2v) is 7.85. The minimum absolute atomic E-state index is 0.152. The smallest absolute Gasteiger partial charge is 0.241 e. The predicted octanol–water partition coefficient (Wildman–Crippen LogP) is 1.91. The Balaban J connectivity index is 1.82. The van der Waals surface area contributed by atoms with Gasteiger partial charge in [-0.25, -0.2) is 13.1 Å². The highest BCUT2D eigenvalue weighted by Gasteiger charge is 2.24. The molecule has 0 spiro atoms. The van der Waals surface area contributed by atoms with Gasteiger partial charge in [-0.1, -0.05) is 30.3 Å². The van der Waals surface area contributed by atoms with Crippen molar-refractivity contribution in [2.75, 3.05) is 32.8 Å². The number of nitriles is 1. The second kappa shape index (κ2) is 8.43. The molecular formula is C19H21N3O3S. The van der Waals surface area contributed by atoms with Crippen molar-refractivity contribution in [2.24, 2.45) is 0 Å². The zero-order valence-corrected chi connectivity index (χ0v) is 15.2. The first-order valence-electron chi connectivity index (χ1n) is 8.46. The Hall–Kier alpha value is -2.24. The van der Waals surface area contributed by atoms with E-state index in [1.54, 1.807) is 0 Å². The number of ether oxygens (including phenoxy) is 1. The maximum atomic E-state index is 12.8. The maximum Gasteiger partial charge on any atom is 0.241 e. The fourth-order valence-corrected chi connectivity index (χ4v) is 4.12. The molecule has 1 heterocycles.